The number of nitrogens with one attached hydrogen (secondary N) is 1. The van der Waals surface area contributed by atoms with Crippen LogP contribution in [0.25, 0.3) is 22.6 Å². The van der Waals surface area contributed by atoms with Crippen molar-refractivity contribution in [3.8, 4) is 23.0 Å². The van der Waals surface area contributed by atoms with Crippen LogP contribution in [0.3, 0.4) is 0 Å². The van der Waals surface area contributed by atoms with Gasteiger partial charge in [-0.2, -0.15) is 0 Å². The zero-order valence-electron chi connectivity index (χ0n) is 18.1. The Balaban J connectivity index is 1.32. The van der Waals surface area contributed by atoms with Gasteiger partial charge in [0.05, 0.1) is 0 Å². The zero-order valence-corrected chi connectivity index (χ0v) is 18.1. The minimum absolute atomic E-state index is 0.214. The van der Waals surface area contributed by atoms with Crippen molar-refractivity contribution < 1.29 is 18.7 Å². The molecule has 3 aromatic carbocycles. The Morgan fingerprint density at radius 2 is 1.78 bits per heavy atom. The Morgan fingerprint density at radius 3 is 2.56 bits per heavy atom. The Hall–Kier alpha value is -3.80. The summed E-state index contributed by atoms with van der Waals surface area (Å²) in [5, 5.41) is 2.91. The fourth-order valence-corrected chi connectivity index (χ4v) is 3.69. The molecule has 1 aliphatic rings. The van der Waals surface area contributed by atoms with Crippen molar-refractivity contribution in [2.45, 2.75) is 26.2 Å². The Labute approximate surface area is 186 Å². The zero-order chi connectivity index (χ0) is 22.1. The summed E-state index contributed by atoms with van der Waals surface area (Å²) in [5.74, 6) is 2.08. The molecule has 1 amide bonds. The molecule has 0 bridgehead atoms. The fraction of sp³-hybridized carbons (Fsp3) is 0.231. The minimum atomic E-state index is -0.214. The van der Waals surface area contributed by atoms with E-state index in [1.54, 1.807) is 18.2 Å². The normalized spacial score (nSPS) is 13.7. The summed E-state index contributed by atoms with van der Waals surface area (Å²) in [6.45, 7) is 5.38. The number of hydrogen-bond acceptors (Lipinski definition) is 5. The first-order chi connectivity index (χ1) is 15.6. The van der Waals surface area contributed by atoms with E-state index in [1.807, 2.05) is 30.3 Å². The number of aromatic nitrogens is 1. The van der Waals surface area contributed by atoms with Crippen LogP contribution in [0.2, 0.25) is 0 Å². The van der Waals surface area contributed by atoms with Gasteiger partial charge in [0.1, 0.15) is 18.7 Å². The Kier molecular flexibility index (Phi) is 5.27. The van der Waals surface area contributed by atoms with E-state index in [2.05, 4.69) is 36.3 Å². The molecule has 6 nitrogen and oxygen atoms in total. The standard InChI is InChI=1S/C26H24N2O4/c1-3-16(2)18-6-10-22-21(14-18)28-26(32-22)17-4-8-20(9-5-17)27-25(29)19-7-11-23-24(15-19)31-13-12-30-23/h4-11,14-16H,3,12-13H2,1-2H3,(H,27,29)/t16-/m1/s1. The summed E-state index contributed by atoms with van der Waals surface area (Å²) in [6.07, 6.45) is 1.08. The van der Waals surface area contributed by atoms with Crippen molar-refractivity contribution in [2.75, 3.05) is 18.5 Å². The van der Waals surface area contributed by atoms with E-state index in [4.69, 9.17) is 13.9 Å². The number of ether oxygens (including phenoxy) is 2. The number of carbonyl (C=O) groups is 1. The van der Waals surface area contributed by atoms with Crippen LogP contribution in [0.4, 0.5) is 5.69 Å². The molecule has 1 atom stereocenters. The molecule has 0 radical (unpaired) electrons. The molecule has 0 fully saturated rings. The van der Waals surface area contributed by atoms with Crippen LogP contribution in [0.5, 0.6) is 11.5 Å². The van der Waals surface area contributed by atoms with Gasteiger partial charge in [-0.15, -0.1) is 0 Å². The van der Waals surface area contributed by atoms with E-state index in [1.165, 1.54) is 5.56 Å². The lowest BCUT2D eigenvalue weighted by molar-refractivity contribution is 0.102. The number of amides is 1. The summed E-state index contributed by atoms with van der Waals surface area (Å²) >= 11 is 0. The maximum atomic E-state index is 12.6. The van der Waals surface area contributed by atoms with Crippen LogP contribution in [-0.2, 0) is 0 Å². The van der Waals surface area contributed by atoms with Gasteiger partial charge < -0.3 is 19.2 Å². The molecule has 0 saturated heterocycles. The second-order valence-corrected chi connectivity index (χ2v) is 7.95. The predicted molar refractivity (Wildman–Crippen MR) is 124 cm³/mol. The second kappa shape index (κ2) is 8.38. The molecular weight excluding hydrogens is 404 g/mol. The number of anilines is 1. The molecule has 2 heterocycles. The van der Waals surface area contributed by atoms with Gasteiger partial charge in [-0.1, -0.05) is 19.9 Å². The highest BCUT2D eigenvalue weighted by Crippen LogP contribution is 2.31. The SMILES string of the molecule is CC[C@@H](C)c1ccc2oc(-c3ccc(NC(=O)c4ccc5c(c4)OCCO5)cc3)nc2c1. The first kappa shape index (κ1) is 20.1. The lowest BCUT2D eigenvalue weighted by atomic mass is 9.98. The van der Waals surface area contributed by atoms with Gasteiger partial charge in [0.25, 0.3) is 5.91 Å². The summed E-state index contributed by atoms with van der Waals surface area (Å²) in [5.41, 5.74) is 4.93. The van der Waals surface area contributed by atoms with Gasteiger partial charge in [-0.3, -0.25) is 4.79 Å². The average molecular weight is 428 g/mol. The molecule has 1 aromatic heterocycles. The number of hydrogen-bond donors (Lipinski definition) is 1. The summed E-state index contributed by atoms with van der Waals surface area (Å²) in [4.78, 5) is 17.3. The molecule has 0 spiro atoms. The average Bonchev–Trinajstić information content (AvgIpc) is 3.27. The number of nitrogens with zero attached hydrogens (tertiary/aromatic N) is 1. The molecule has 0 saturated carbocycles. The molecule has 5 rings (SSSR count). The molecule has 4 aromatic rings. The number of rotatable bonds is 5. The van der Waals surface area contributed by atoms with Crippen molar-refractivity contribution in [2.24, 2.45) is 0 Å². The first-order valence-corrected chi connectivity index (χ1v) is 10.8. The van der Waals surface area contributed by atoms with Gasteiger partial charge in [-0.25, -0.2) is 4.98 Å². The lowest BCUT2D eigenvalue weighted by Gasteiger charge is -2.18. The van der Waals surface area contributed by atoms with Gasteiger partial charge in [0, 0.05) is 16.8 Å². The van der Waals surface area contributed by atoms with Crippen molar-refractivity contribution in [3.05, 3.63) is 71.8 Å². The summed E-state index contributed by atoms with van der Waals surface area (Å²) < 4.78 is 17.0. The van der Waals surface area contributed by atoms with Gasteiger partial charge in [-0.05, 0) is 72.5 Å². The van der Waals surface area contributed by atoms with Crippen molar-refractivity contribution >= 4 is 22.7 Å². The predicted octanol–water partition coefficient (Wildman–Crippen LogP) is 6.03. The molecule has 0 aliphatic carbocycles. The van der Waals surface area contributed by atoms with Gasteiger partial charge in [0.15, 0.2) is 17.1 Å². The van der Waals surface area contributed by atoms with Crippen LogP contribution >= 0.6 is 0 Å². The highest BCUT2D eigenvalue weighted by molar-refractivity contribution is 6.04. The van der Waals surface area contributed by atoms with Crippen LogP contribution in [-0.4, -0.2) is 24.1 Å². The number of benzene rings is 3. The first-order valence-electron chi connectivity index (χ1n) is 10.8. The van der Waals surface area contributed by atoms with Crippen molar-refractivity contribution in [1.82, 2.24) is 4.98 Å². The summed E-state index contributed by atoms with van der Waals surface area (Å²) in [6, 6.07) is 18.8. The van der Waals surface area contributed by atoms with E-state index >= 15 is 0 Å². The van der Waals surface area contributed by atoms with E-state index in [-0.39, 0.29) is 5.91 Å². The van der Waals surface area contributed by atoms with Crippen molar-refractivity contribution in [3.63, 3.8) is 0 Å². The lowest BCUT2D eigenvalue weighted by Crippen LogP contribution is -2.17. The third kappa shape index (κ3) is 3.91. The van der Waals surface area contributed by atoms with Crippen LogP contribution in [0, 0.1) is 0 Å². The molecule has 32 heavy (non-hydrogen) atoms. The monoisotopic (exact) mass is 428 g/mol. The smallest absolute Gasteiger partial charge is 0.255 e. The van der Waals surface area contributed by atoms with Gasteiger partial charge in [0.2, 0.25) is 5.89 Å². The maximum absolute atomic E-state index is 12.6. The summed E-state index contributed by atoms with van der Waals surface area (Å²) in [7, 11) is 0. The molecular formula is C26H24N2O4. The molecule has 162 valence electrons. The minimum Gasteiger partial charge on any atom is -0.486 e. The topological polar surface area (TPSA) is 73.6 Å². The van der Waals surface area contributed by atoms with E-state index < -0.39 is 0 Å². The third-order valence-electron chi connectivity index (χ3n) is 5.79. The van der Waals surface area contributed by atoms with E-state index in [0.717, 1.165) is 23.1 Å². The van der Waals surface area contributed by atoms with Crippen LogP contribution in [0.15, 0.2) is 65.1 Å². The quantitative estimate of drug-likeness (QED) is 0.420. The number of fused-ring (bicyclic) bond motifs is 2. The molecule has 0 unspecified atom stereocenters. The van der Waals surface area contributed by atoms with E-state index in [0.29, 0.717) is 47.8 Å². The highest BCUT2D eigenvalue weighted by atomic mass is 16.6. The van der Waals surface area contributed by atoms with Gasteiger partial charge >= 0.3 is 0 Å². The molecule has 6 heteroatoms. The second-order valence-electron chi connectivity index (χ2n) is 7.95. The van der Waals surface area contributed by atoms with E-state index in [9.17, 15) is 4.79 Å². The molecule has 1 aliphatic heterocycles. The van der Waals surface area contributed by atoms with Crippen molar-refractivity contribution in [1.29, 1.82) is 0 Å². The van der Waals surface area contributed by atoms with Crippen LogP contribution < -0.4 is 14.8 Å². The largest absolute Gasteiger partial charge is 0.486 e. The fourth-order valence-electron chi connectivity index (χ4n) is 3.69. The highest BCUT2D eigenvalue weighted by Gasteiger charge is 2.16. The number of carbonyl (C=O) groups excluding carboxylic acids is 1. The maximum Gasteiger partial charge on any atom is 0.255 e. The third-order valence-corrected chi connectivity index (χ3v) is 5.79. The van der Waals surface area contributed by atoms with Crippen LogP contribution in [0.1, 0.15) is 42.1 Å². The number of oxazole rings is 1. The molecule has 1 N–H and O–H groups in total. The Bertz CT molecular complexity index is 1280. The Morgan fingerprint density at radius 1 is 1.00 bits per heavy atom.